The number of aliphatic carboxylic acids is 1. The second-order valence-corrected chi connectivity index (χ2v) is 5.27. The fraction of sp³-hybridized carbons (Fsp3) is 0.278. The van der Waals surface area contributed by atoms with Gasteiger partial charge in [0.25, 0.3) is 0 Å². The molecule has 0 radical (unpaired) electrons. The van der Waals surface area contributed by atoms with Crippen molar-refractivity contribution in [1.29, 1.82) is 0 Å². The maximum absolute atomic E-state index is 12.1. The number of aryl methyl sites for hydroxylation is 1. The Morgan fingerprint density at radius 2 is 1.71 bits per heavy atom. The molecular weight excluding hydrogens is 262 g/mol. The van der Waals surface area contributed by atoms with Gasteiger partial charge in [-0.3, -0.25) is 0 Å². The summed E-state index contributed by atoms with van der Waals surface area (Å²) in [5.74, 6) is -0.848. The Hall–Kier alpha value is -2.29. The Labute approximate surface area is 125 Å². The lowest BCUT2D eigenvalue weighted by molar-refractivity contribution is -0.143. The first-order valence-corrected chi connectivity index (χ1v) is 7.23. The van der Waals surface area contributed by atoms with Gasteiger partial charge in [-0.15, -0.1) is 0 Å². The highest BCUT2D eigenvalue weighted by Crippen LogP contribution is 2.32. The molecule has 2 aromatic carbocycles. The molecule has 1 unspecified atom stereocenters. The number of anilines is 1. The lowest BCUT2D eigenvalue weighted by Gasteiger charge is -2.32. The molecule has 2 N–H and O–H groups in total. The van der Waals surface area contributed by atoms with Gasteiger partial charge in [-0.2, -0.15) is 0 Å². The van der Waals surface area contributed by atoms with Crippen molar-refractivity contribution < 1.29 is 9.90 Å². The molecule has 0 aliphatic rings. The number of rotatable bonds is 6. The molecule has 0 saturated carbocycles. The highest BCUT2D eigenvalue weighted by Gasteiger charge is 2.39. The van der Waals surface area contributed by atoms with Crippen molar-refractivity contribution in [1.82, 2.24) is 0 Å². The quantitative estimate of drug-likeness (QED) is 0.835. The molecule has 0 saturated heterocycles. The molecule has 1 atom stereocenters. The molecule has 0 heterocycles. The number of carbonyl (C=O) groups is 1. The molecule has 2 aromatic rings. The van der Waals surface area contributed by atoms with Crippen molar-refractivity contribution in [2.45, 2.75) is 32.2 Å². The number of hydrogen-bond acceptors (Lipinski definition) is 2. The molecule has 0 aliphatic carbocycles. The topological polar surface area (TPSA) is 49.3 Å². The van der Waals surface area contributed by atoms with Crippen molar-refractivity contribution in [3.63, 3.8) is 0 Å². The third-order valence-electron chi connectivity index (χ3n) is 3.75. The van der Waals surface area contributed by atoms with Crippen molar-refractivity contribution in [2.24, 2.45) is 0 Å². The number of nitrogens with one attached hydrogen (secondary N) is 1. The molecular formula is C18H21NO2. The minimum atomic E-state index is -1.10. The van der Waals surface area contributed by atoms with Crippen molar-refractivity contribution in [3.05, 3.63) is 65.7 Å². The largest absolute Gasteiger partial charge is 0.479 e. The van der Waals surface area contributed by atoms with Crippen LogP contribution in [0.5, 0.6) is 0 Å². The van der Waals surface area contributed by atoms with Crippen LogP contribution < -0.4 is 5.32 Å². The summed E-state index contributed by atoms with van der Waals surface area (Å²) in [4.78, 5) is 12.1. The first-order valence-electron chi connectivity index (χ1n) is 7.23. The van der Waals surface area contributed by atoms with Crippen LogP contribution in [-0.2, 0) is 10.3 Å². The number of carboxylic acid groups (broad SMARTS) is 1. The lowest BCUT2D eigenvalue weighted by atomic mass is 9.85. The van der Waals surface area contributed by atoms with Crippen molar-refractivity contribution in [3.8, 4) is 0 Å². The SMILES string of the molecule is CCCC(Nc1ccccc1C)(C(=O)O)c1ccccc1. The van der Waals surface area contributed by atoms with E-state index in [4.69, 9.17) is 0 Å². The summed E-state index contributed by atoms with van der Waals surface area (Å²) in [6.07, 6.45) is 1.31. The number of para-hydroxylation sites is 1. The van der Waals surface area contributed by atoms with Crippen molar-refractivity contribution in [2.75, 3.05) is 5.32 Å². The zero-order valence-electron chi connectivity index (χ0n) is 12.5. The van der Waals surface area contributed by atoms with E-state index in [9.17, 15) is 9.90 Å². The Kier molecular flexibility index (Phi) is 4.63. The monoisotopic (exact) mass is 283 g/mol. The van der Waals surface area contributed by atoms with Crippen LogP contribution in [0.3, 0.4) is 0 Å². The maximum Gasteiger partial charge on any atom is 0.334 e. The average Bonchev–Trinajstić information content (AvgIpc) is 2.49. The van der Waals surface area contributed by atoms with Gasteiger partial charge >= 0.3 is 5.97 Å². The van der Waals surface area contributed by atoms with Gasteiger partial charge in [0.1, 0.15) is 0 Å². The number of hydrogen-bond donors (Lipinski definition) is 2. The fourth-order valence-corrected chi connectivity index (χ4v) is 2.60. The third kappa shape index (κ3) is 3.07. The number of benzene rings is 2. The molecule has 3 heteroatoms. The van der Waals surface area contributed by atoms with Gasteiger partial charge in [0.05, 0.1) is 0 Å². The van der Waals surface area contributed by atoms with Crippen LogP contribution in [0.2, 0.25) is 0 Å². The highest BCUT2D eigenvalue weighted by atomic mass is 16.4. The van der Waals surface area contributed by atoms with E-state index in [2.05, 4.69) is 5.32 Å². The number of carboxylic acids is 1. The Morgan fingerprint density at radius 1 is 1.10 bits per heavy atom. The van der Waals surface area contributed by atoms with E-state index >= 15 is 0 Å². The molecule has 0 aliphatic heterocycles. The minimum absolute atomic E-state index is 0.528. The van der Waals surface area contributed by atoms with E-state index in [1.54, 1.807) is 0 Å². The van der Waals surface area contributed by atoms with Crippen LogP contribution in [0.4, 0.5) is 5.69 Å². The smallest absolute Gasteiger partial charge is 0.334 e. The molecule has 0 aromatic heterocycles. The molecule has 0 spiro atoms. The first-order chi connectivity index (χ1) is 10.1. The van der Waals surface area contributed by atoms with E-state index in [1.165, 1.54) is 0 Å². The molecule has 21 heavy (non-hydrogen) atoms. The van der Waals surface area contributed by atoms with E-state index in [0.29, 0.717) is 6.42 Å². The zero-order valence-corrected chi connectivity index (χ0v) is 12.5. The summed E-state index contributed by atoms with van der Waals surface area (Å²) in [7, 11) is 0. The van der Waals surface area contributed by atoms with Crippen molar-refractivity contribution >= 4 is 11.7 Å². The molecule has 0 bridgehead atoms. The molecule has 0 fully saturated rings. The van der Waals surface area contributed by atoms with Gasteiger partial charge in [-0.05, 0) is 30.5 Å². The molecule has 110 valence electrons. The van der Waals surface area contributed by atoms with E-state index in [-0.39, 0.29) is 0 Å². The summed E-state index contributed by atoms with van der Waals surface area (Å²) < 4.78 is 0. The highest BCUT2D eigenvalue weighted by molar-refractivity contribution is 5.85. The van der Waals surface area contributed by atoms with Gasteiger partial charge in [0, 0.05) is 5.69 Å². The summed E-state index contributed by atoms with van der Waals surface area (Å²) in [5.41, 5.74) is 1.58. The zero-order chi connectivity index (χ0) is 15.3. The summed E-state index contributed by atoms with van der Waals surface area (Å²) in [6.45, 7) is 3.98. The van der Waals surface area contributed by atoms with E-state index in [1.807, 2.05) is 68.4 Å². The van der Waals surface area contributed by atoms with E-state index in [0.717, 1.165) is 23.2 Å². The standard InChI is InChI=1S/C18H21NO2/c1-3-13-18(17(20)21,15-10-5-4-6-11-15)19-16-12-8-7-9-14(16)2/h4-12,19H,3,13H2,1-2H3,(H,20,21). The predicted molar refractivity (Wildman–Crippen MR) is 85.5 cm³/mol. The maximum atomic E-state index is 12.1. The first kappa shape index (κ1) is 15.1. The van der Waals surface area contributed by atoms with Crippen LogP contribution in [-0.4, -0.2) is 11.1 Å². The Bertz CT molecular complexity index is 610. The summed E-state index contributed by atoms with van der Waals surface area (Å²) in [5, 5.41) is 13.2. The van der Waals surface area contributed by atoms with Crippen LogP contribution in [0, 0.1) is 6.92 Å². The van der Waals surface area contributed by atoms with Gasteiger partial charge in [0.2, 0.25) is 0 Å². The molecule has 0 amide bonds. The summed E-state index contributed by atoms with van der Waals surface area (Å²) in [6, 6.07) is 17.2. The Morgan fingerprint density at radius 3 is 2.29 bits per heavy atom. The van der Waals surface area contributed by atoms with Gasteiger partial charge < -0.3 is 10.4 Å². The second-order valence-electron chi connectivity index (χ2n) is 5.27. The minimum Gasteiger partial charge on any atom is -0.479 e. The van der Waals surface area contributed by atoms with Gasteiger partial charge in [-0.25, -0.2) is 4.79 Å². The lowest BCUT2D eigenvalue weighted by Crippen LogP contribution is -2.43. The average molecular weight is 283 g/mol. The molecule has 3 nitrogen and oxygen atoms in total. The van der Waals surface area contributed by atoms with Crippen LogP contribution in [0.15, 0.2) is 54.6 Å². The van der Waals surface area contributed by atoms with Crippen LogP contribution in [0.25, 0.3) is 0 Å². The normalized spacial score (nSPS) is 13.4. The predicted octanol–water partition coefficient (Wildman–Crippen LogP) is 4.19. The Balaban J connectivity index is 2.50. The fourth-order valence-electron chi connectivity index (χ4n) is 2.60. The van der Waals surface area contributed by atoms with Crippen LogP contribution >= 0.6 is 0 Å². The van der Waals surface area contributed by atoms with E-state index < -0.39 is 11.5 Å². The third-order valence-corrected chi connectivity index (χ3v) is 3.75. The van der Waals surface area contributed by atoms with Crippen LogP contribution in [0.1, 0.15) is 30.9 Å². The van der Waals surface area contributed by atoms with Gasteiger partial charge in [-0.1, -0.05) is 61.9 Å². The van der Waals surface area contributed by atoms with Gasteiger partial charge in [0.15, 0.2) is 5.54 Å². The molecule has 2 rings (SSSR count). The summed E-state index contributed by atoms with van der Waals surface area (Å²) >= 11 is 0. The second kappa shape index (κ2) is 6.44.